The molecule has 2 unspecified atom stereocenters. The summed E-state index contributed by atoms with van der Waals surface area (Å²) in [5.41, 5.74) is 0.113. The van der Waals surface area contributed by atoms with Gasteiger partial charge in [-0.1, -0.05) is 0 Å². The monoisotopic (exact) mass is 281 g/mol. The number of likely N-dealkylation sites (tertiary alicyclic amines) is 1. The van der Waals surface area contributed by atoms with E-state index in [1.807, 2.05) is 0 Å². The summed E-state index contributed by atoms with van der Waals surface area (Å²) in [5, 5.41) is 14.0. The van der Waals surface area contributed by atoms with E-state index in [4.69, 9.17) is 0 Å². The highest BCUT2D eigenvalue weighted by atomic mass is 19.1. The molecule has 2 rings (SSSR count). The largest absolute Gasteiger partial charge is 0.382 e. The Morgan fingerprint density at radius 1 is 1.55 bits per heavy atom. The van der Waals surface area contributed by atoms with E-state index in [1.54, 1.807) is 6.07 Å². The van der Waals surface area contributed by atoms with Crippen LogP contribution in [0.3, 0.4) is 0 Å². The maximum Gasteiger partial charge on any atom is 0.306 e. The lowest BCUT2D eigenvalue weighted by Gasteiger charge is -2.34. The van der Waals surface area contributed by atoms with Crippen molar-refractivity contribution in [1.29, 1.82) is 0 Å². The van der Waals surface area contributed by atoms with Gasteiger partial charge in [-0.15, -0.1) is 0 Å². The second kappa shape index (κ2) is 6.17. The molecule has 1 fully saturated rings. The van der Waals surface area contributed by atoms with Crippen molar-refractivity contribution in [2.24, 2.45) is 5.92 Å². The Morgan fingerprint density at radius 3 is 2.95 bits per heavy atom. The maximum atomic E-state index is 13.3. The molecule has 2 atom stereocenters. The minimum Gasteiger partial charge on any atom is -0.382 e. The first-order valence-corrected chi connectivity index (χ1v) is 6.86. The number of benzene rings is 1. The van der Waals surface area contributed by atoms with Crippen LogP contribution in [0, 0.1) is 21.8 Å². The zero-order valence-electron chi connectivity index (χ0n) is 11.8. The standard InChI is InChI=1S/C14H20FN3O2/c1-10(11-4-3-7-17(2)9-11)16-12-5-6-13(15)14(8-12)18(19)20/h5-6,8,10-11,16H,3-4,7,9H2,1-2H3. The Kier molecular flexibility index (Phi) is 4.54. The normalized spacial score (nSPS) is 21.4. The minimum absolute atomic E-state index is 0.197. The Balaban J connectivity index is 2.05. The zero-order chi connectivity index (χ0) is 14.7. The van der Waals surface area contributed by atoms with E-state index in [2.05, 4.69) is 24.2 Å². The van der Waals surface area contributed by atoms with E-state index in [1.165, 1.54) is 6.07 Å². The number of nitrogens with zero attached hydrogens (tertiary/aromatic N) is 2. The molecule has 0 spiro atoms. The molecule has 1 aromatic carbocycles. The fourth-order valence-corrected chi connectivity index (χ4v) is 2.74. The lowest BCUT2D eigenvalue weighted by atomic mass is 9.92. The number of nitrogens with one attached hydrogen (secondary N) is 1. The molecule has 0 aromatic heterocycles. The predicted molar refractivity (Wildman–Crippen MR) is 76.4 cm³/mol. The van der Waals surface area contributed by atoms with Gasteiger partial charge in [-0.3, -0.25) is 10.1 Å². The second-order valence-electron chi connectivity index (χ2n) is 5.52. The highest BCUT2D eigenvalue weighted by Gasteiger charge is 2.23. The molecule has 1 aliphatic heterocycles. The minimum atomic E-state index is -0.800. The molecule has 1 heterocycles. The third-order valence-electron chi connectivity index (χ3n) is 3.91. The van der Waals surface area contributed by atoms with Crippen molar-refractivity contribution < 1.29 is 9.31 Å². The van der Waals surface area contributed by atoms with E-state index in [-0.39, 0.29) is 6.04 Å². The van der Waals surface area contributed by atoms with E-state index < -0.39 is 16.4 Å². The Bertz CT molecular complexity index is 495. The molecule has 1 saturated heterocycles. The van der Waals surface area contributed by atoms with Crippen LogP contribution >= 0.6 is 0 Å². The fourth-order valence-electron chi connectivity index (χ4n) is 2.74. The van der Waals surface area contributed by atoms with E-state index in [0.717, 1.165) is 32.0 Å². The first-order chi connectivity index (χ1) is 9.47. The first kappa shape index (κ1) is 14.7. The lowest BCUT2D eigenvalue weighted by Crippen LogP contribution is -2.39. The molecule has 110 valence electrons. The van der Waals surface area contributed by atoms with Gasteiger partial charge in [-0.25, -0.2) is 0 Å². The number of hydrogen-bond donors (Lipinski definition) is 1. The summed E-state index contributed by atoms with van der Waals surface area (Å²) in [4.78, 5) is 12.3. The van der Waals surface area contributed by atoms with Crippen LogP contribution in [0.5, 0.6) is 0 Å². The summed E-state index contributed by atoms with van der Waals surface area (Å²) in [6.45, 7) is 4.20. The van der Waals surface area contributed by atoms with Gasteiger partial charge < -0.3 is 10.2 Å². The topological polar surface area (TPSA) is 58.4 Å². The van der Waals surface area contributed by atoms with Crippen molar-refractivity contribution >= 4 is 11.4 Å². The molecule has 0 saturated carbocycles. The average Bonchev–Trinajstić information content (AvgIpc) is 2.40. The van der Waals surface area contributed by atoms with Crippen LogP contribution in [0.1, 0.15) is 19.8 Å². The highest BCUT2D eigenvalue weighted by molar-refractivity contribution is 5.52. The smallest absolute Gasteiger partial charge is 0.306 e. The first-order valence-electron chi connectivity index (χ1n) is 6.86. The number of halogens is 1. The SMILES string of the molecule is CC(Nc1ccc(F)c([N+](=O)[O-])c1)C1CCCN(C)C1. The van der Waals surface area contributed by atoms with Crippen molar-refractivity contribution in [1.82, 2.24) is 4.90 Å². The van der Waals surface area contributed by atoms with Gasteiger partial charge in [0, 0.05) is 24.3 Å². The molecular weight excluding hydrogens is 261 g/mol. The van der Waals surface area contributed by atoms with E-state index >= 15 is 0 Å². The van der Waals surface area contributed by atoms with Crippen LogP contribution in [0.2, 0.25) is 0 Å². The predicted octanol–water partition coefficient (Wildman–Crippen LogP) is 2.88. The third kappa shape index (κ3) is 3.45. The number of piperidine rings is 1. The summed E-state index contributed by atoms with van der Waals surface area (Å²) in [5.74, 6) is -0.302. The van der Waals surface area contributed by atoms with Gasteiger partial charge >= 0.3 is 5.69 Å². The Morgan fingerprint density at radius 2 is 2.30 bits per heavy atom. The molecule has 0 radical (unpaired) electrons. The molecule has 1 aliphatic rings. The molecule has 0 aliphatic carbocycles. The number of rotatable bonds is 4. The summed E-state index contributed by atoms with van der Waals surface area (Å²) in [7, 11) is 2.10. The van der Waals surface area contributed by atoms with Gasteiger partial charge in [-0.2, -0.15) is 4.39 Å². The average molecular weight is 281 g/mol. The Hall–Kier alpha value is -1.69. The van der Waals surface area contributed by atoms with Crippen LogP contribution in [-0.4, -0.2) is 36.0 Å². The molecule has 6 heteroatoms. The zero-order valence-corrected chi connectivity index (χ0v) is 11.8. The van der Waals surface area contributed by atoms with Gasteiger partial charge in [0.05, 0.1) is 4.92 Å². The summed E-state index contributed by atoms with van der Waals surface area (Å²) >= 11 is 0. The van der Waals surface area contributed by atoms with Crippen molar-refractivity contribution in [3.63, 3.8) is 0 Å². The van der Waals surface area contributed by atoms with Gasteiger partial charge in [0.15, 0.2) is 0 Å². The number of nitro benzene ring substituents is 1. The van der Waals surface area contributed by atoms with Crippen LogP contribution in [0.25, 0.3) is 0 Å². The molecule has 1 N–H and O–H groups in total. The maximum absolute atomic E-state index is 13.3. The van der Waals surface area contributed by atoms with E-state index in [9.17, 15) is 14.5 Å². The molecule has 1 aromatic rings. The van der Waals surface area contributed by atoms with Crippen molar-refractivity contribution in [3.8, 4) is 0 Å². The van der Waals surface area contributed by atoms with Gasteiger partial charge in [0.1, 0.15) is 0 Å². The summed E-state index contributed by atoms with van der Waals surface area (Å²) in [6, 6.07) is 4.15. The fraction of sp³-hybridized carbons (Fsp3) is 0.571. The highest BCUT2D eigenvalue weighted by Crippen LogP contribution is 2.25. The molecule has 20 heavy (non-hydrogen) atoms. The quantitative estimate of drug-likeness (QED) is 0.681. The van der Waals surface area contributed by atoms with Gasteiger partial charge in [0.2, 0.25) is 5.82 Å². The summed E-state index contributed by atoms with van der Waals surface area (Å²) < 4.78 is 13.3. The van der Waals surface area contributed by atoms with Crippen molar-refractivity contribution in [2.75, 3.05) is 25.5 Å². The van der Waals surface area contributed by atoms with Gasteiger partial charge in [-0.05, 0) is 51.4 Å². The van der Waals surface area contributed by atoms with Crippen LogP contribution in [0.15, 0.2) is 18.2 Å². The van der Waals surface area contributed by atoms with Crippen LogP contribution in [0.4, 0.5) is 15.8 Å². The van der Waals surface area contributed by atoms with E-state index in [0.29, 0.717) is 11.6 Å². The molecular formula is C14H20FN3O2. The van der Waals surface area contributed by atoms with Crippen LogP contribution in [-0.2, 0) is 0 Å². The number of hydrogen-bond acceptors (Lipinski definition) is 4. The molecule has 0 bridgehead atoms. The van der Waals surface area contributed by atoms with Crippen molar-refractivity contribution in [3.05, 3.63) is 34.1 Å². The second-order valence-corrected chi connectivity index (χ2v) is 5.52. The van der Waals surface area contributed by atoms with Gasteiger partial charge in [0.25, 0.3) is 0 Å². The van der Waals surface area contributed by atoms with Crippen LogP contribution < -0.4 is 5.32 Å². The summed E-state index contributed by atoms with van der Waals surface area (Å²) in [6.07, 6.45) is 2.30. The Labute approximate surface area is 117 Å². The van der Waals surface area contributed by atoms with Crippen molar-refractivity contribution in [2.45, 2.75) is 25.8 Å². The lowest BCUT2D eigenvalue weighted by molar-refractivity contribution is -0.387. The number of nitro groups is 1. The molecule has 0 amide bonds. The third-order valence-corrected chi connectivity index (χ3v) is 3.91. The number of anilines is 1. The molecule has 5 nitrogen and oxygen atoms in total.